The minimum absolute atomic E-state index is 0.188. The molecular weight excluding hydrogens is 278 g/mol. The Morgan fingerprint density at radius 2 is 2.05 bits per heavy atom. The lowest BCUT2D eigenvalue weighted by Crippen LogP contribution is -2.22. The number of hydrogen-bond acceptors (Lipinski definition) is 5. The molecule has 3 rings (SSSR count). The van der Waals surface area contributed by atoms with Crippen LogP contribution in [0.4, 0.5) is 0 Å². The zero-order valence-corrected chi connectivity index (χ0v) is 11.0. The van der Waals surface area contributed by atoms with Gasteiger partial charge in [0.1, 0.15) is 10.2 Å². The molecular formula is C13H9N3O3S. The first-order valence-electron chi connectivity index (χ1n) is 5.77. The van der Waals surface area contributed by atoms with Crippen LogP contribution in [0.2, 0.25) is 0 Å². The summed E-state index contributed by atoms with van der Waals surface area (Å²) in [4.78, 5) is 27.0. The molecule has 0 aliphatic carbocycles. The first-order chi connectivity index (χ1) is 9.65. The van der Waals surface area contributed by atoms with Crippen molar-refractivity contribution < 1.29 is 9.90 Å². The lowest BCUT2D eigenvalue weighted by atomic mass is 10.1. The van der Waals surface area contributed by atoms with E-state index in [9.17, 15) is 9.59 Å². The van der Waals surface area contributed by atoms with Crippen molar-refractivity contribution in [1.82, 2.24) is 14.8 Å². The monoisotopic (exact) mass is 287 g/mol. The van der Waals surface area contributed by atoms with Gasteiger partial charge < -0.3 is 5.11 Å². The fraction of sp³-hybridized carbons (Fsp3) is 0.0769. The molecule has 0 aliphatic heterocycles. The lowest BCUT2D eigenvalue weighted by molar-refractivity contribution is 0.0697. The van der Waals surface area contributed by atoms with E-state index in [0.717, 1.165) is 5.56 Å². The van der Waals surface area contributed by atoms with Crippen LogP contribution >= 0.6 is 11.3 Å². The Balaban J connectivity index is 1.94. The zero-order valence-electron chi connectivity index (χ0n) is 10.2. The lowest BCUT2D eigenvalue weighted by Gasteiger charge is -2.04. The SMILES string of the molecule is O=C(O)c1ccc(Cn2ncc3ncsc3c2=O)cc1. The molecule has 0 unspecified atom stereocenters. The molecule has 0 radical (unpaired) electrons. The molecule has 1 aromatic carbocycles. The summed E-state index contributed by atoms with van der Waals surface area (Å²) < 4.78 is 1.91. The molecule has 20 heavy (non-hydrogen) atoms. The highest BCUT2D eigenvalue weighted by molar-refractivity contribution is 7.16. The molecule has 0 amide bonds. The van der Waals surface area contributed by atoms with Crippen molar-refractivity contribution in [3.8, 4) is 0 Å². The Hall–Kier alpha value is -2.54. The molecule has 0 bridgehead atoms. The van der Waals surface area contributed by atoms with E-state index in [4.69, 9.17) is 5.11 Å². The normalized spacial score (nSPS) is 10.8. The molecule has 0 spiro atoms. The van der Waals surface area contributed by atoms with E-state index in [-0.39, 0.29) is 11.1 Å². The molecule has 1 N–H and O–H groups in total. The molecule has 2 aromatic heterocycles. The number of carbonyl (C=O) groups is 1. The van der Waals surface area contributed by atoms with Gasteiger partial charge in [-0.15, -0.1) is 11.3 Å². The first-order valence-corrected chi connectivity index (χ1v) is 6.64. The molecule has 3 aromatic rings. The summed E-state index contributed by atoms with van der Waals surface area (Å²) in [5, 5.41) is 12.9. The summed E-state index contributed by atoms with van der Waals surface area (Å²) in [6.45, 7) is 0.298. The molecule has 0 fully saturated rings. The molecule has 100 valence electrons. The summed E-state index contributed by atoms with van der Waals surface area (Å²) in [6.07, 6.45) is 1.55. The molecule has 0 saturated heterocycles. The van der Waals surface area contributed by atoms with Crippen LogP contribution in [-0.2, 0) is 6.54 Å². The number of fused-ring (bicyclic) bond motifs is 1. The second kappa shape index (κ2) is 4.86. The summed E-state index contributed by atoms with van der Waals surface area (Å²) in [5.74, 6) is -0.974. The number of thiazole rings is 1. The van der Waals surface area contributed by atoms with Crippen LogP contribution in [-0.4, -0.2) is 25.8 Å². The van der Waals surface area contributed by atoms with Crippen molar-refractivity contribution >= 4 is 27.5 Å². The Morgan fingerprint density at radius 1 is 1.30 bits per heavy atom. The first kappa shape index (κ1) is 12.5. The Morgan fingerprint density at radius 3 is 2.75 bits per heavy atom. The van der Waals surface area contributed by atoms with E-state index in [0.29, 0.717) is 16.8 Å². The Bertz CT molecular complexity index is 836. The quantitative estimate of drug-likeness (QED) is 0.791. The average Bonchev–Trinajstić information content (AvgIpc) is 2.92. The second-order valence-corrected chi connectivity index (χ2v) is 5.03. The van der Waals surface area contributed by atoms with E-state index >= 15 is 0 Å². The van der Waals surface area contributed by atoms with Crippen molar-refractivity contribution in [2.45, 2.75) is 6.54 Å². The van der Waals surface area contributed by atoms with Crippen molar-refractivity contribution in [3.63, 3.8) is 0 Å². The van der Waals surface area contributed by atoms with Crippen molar-refractivity contribution in [3.05, 3.63) is 57.5 Å². The fourth-order valence-corrected chi connectivity index (χ4v) is 2.54. The number of rotatable bonds is 3. The summed E-state index contributed by atoms with van der Waals surface area (Å²) >= 11 is 1.28. The van der Waals surface area contributed by atoms with Crippen LogP contribution in [0.1, 0.15) is 15.9 Å². The van der Waals surface area contributed by atoms with Gasteiger partial charge in [0.05, 0.1) is 23.8 Å². The van der Waals surface area contributed by atoms with Gasteiger partial charge in [-0.2, -0.15) is 5.10 Å². The predicted octanol–water partition coefficient (Wildman–Crippen LogP) is 1.60. The molecule has 0 atom stereocenters. The number of aromatic carboxylic acids is 1. The van der Waals surface area contributed by atoms with Gasteiger partial charge in [-0.3, -0.25) is 4.79 Å². The number of carboxylic acids is 1. The highest BCUT2D eigenvalue weighted by atomic mass is 32.1. The topological polar surface area (TPSA) is 85.1 Å². The third-order valence-corrected chi connectivity index (χ3v) is 3.71. The number of carboxylic acid groups (broad SMARTS) is 1. The van der Waals surface area contributed by atoms with E-state index in [1.165, 1.54) is 28.2 Å². The van der Waals surface area contributed by atoms with Gasteiger partial charge >= 0.3 is 5.97 Å². The third kappa shape index (κ3) is 2.19. The largest absolute Gasteiger partial charge is 0.478 e. The van der Waals surface area contributed by atoms with Gasteiger partial charge in [-0.05, 0) is 17.7 Å². The maximum absolute atomic E-state index is 12.1. The van der Waals surface area contributed by atoms with Gasteiger partial charge in [0, 0.05) is 0 Å². The van der Waals surface area contributed by atoms with Gasteiger partial charge in [-0.1, -0.05) is 12.1 Å². The van der Waals surface area contributed by atoms with E-state index in [1.54, 1.807) is 23.8 Å². The van der Waals surface area contributed by atoms with Crippen LogP contribution in [0.5, 0.6) is 0 Å². The van der Waals surface area contributed by atoms with E-state index < -0.39 is 5.97 Å². The molecule has 6 nitrogen and oxygen atoms in total. The molecule has 7 heteroatoms. The van der Waals surface area contributed by atoms with Gasteiger partial charge in [0.25, 0.3) is 5.56 Å². The molecule has 0 saturated carbocycles. The van der Waals surface area contributed by atoms with Gasteiger partial charge in [-0.25, -0.2) is 14.5 Å². The number of nitrogens with zero attached hydrogens (tertiary/aromatic N) is 3. The van der Waals surface area contributed by atoms with Crippen molar-refractivity contribution in [1.29, 1.82) is 0 Å². The summed E-state index contributed by atoms with van der Waals surface area (Å²) in [6, 6.07) is 6.37. The van der Waals surface area contributed by atoms with Crippen LogP contribution in [0.3, 0.4) is 0 Å². The summed E-state index contributed by atoms with van der Waals surface area (Å²) in [7, 11) is 0. The number of aromatic nitrogens is 3. The zero-order chi connectivity index (χ0) is 14.1. The Kier molecular flexibility index (Phi) is 3.03. The van der Waals surface area contributed by atoms with Gasteiger partial charge in [0.2, 0.25) is 0 Å². The van der Waals surface area contributed by atoms with Crippen LogP contribution < -0.4 is 5.56 Å². The Labute approximate surface area is 116 Å². The standard InChI is InChI=1S/C13H9N3O3S/c17-12-11-10(14-7-20-11)5-15-16(12)6-8-1-3-9(4-2-8)13(18)19/h1-5,7H,6H2,(H,18,19). The number of hydrogen-bond donors (Lipinski definition) is 1. The van der Waals surface area contributed by atoms with Crippen molar-refractivity contribution in [2.75, 3.05) is 0 Å². The van der Waals surface area contributed by atoms with E-state index in [2.05, 4.69) is 10.1 Å². The van der Waals surface area contributed by atoms with E-state index in [1.807, 2.05) is 0 Å². The van der Waals surface area contributed by atoms with Crippen LogP contribution in [0.25, 0.3) is 10.2 Å². The predicted molar refractivity (Wildman–Crippen MR) is 74.2 cm³/mol. The molecule has 2 heterocycles. The highest BCUT2D eigenvalue weighted by Crippen LogP contribution is 2.11. The van der Waals surface area contributed by atoms with Gasteiger partial charge in [0.15, 0.2) is 0 Å². The number of benzene rings is 1. The van der Waals surface area contributed by atoms with Crippen molar-refractivity contribution in [2.24, 2.45) is 0 Å². The highest BCUT2D eigenvalue weighted by Gasteiger charge is 2.07. The minimum atomic E-state index is -0.974. The maximum Gasteiger partial charge on any atom is 0.335 e. The maximum atomic E-state index is 12.1. The third-order valence-electron chi connectivity index (χ3n) is 2.88. The smallest absolute Gasteiger partial charge is 0.335 e. The second-order valence-electron chi connectivity index (χ2n) is 4.18. The van der Waals surface area contributed by atoms with Crippen LogP contribution in [0.15, 0.2) is 40.8 Å². The minimum Gasteiger partial charge on any atom is -0.478 e. The average molecular weight is 287 g/mol. The van der Waals surface area contributed by atoms with Crippen LogP contribution in [0, 0.1) is 0 Å². The summed E-state index contributed by atoms with van der Waals surface area (Å²) in [5.41, 5.74) is 3.05. The fourth-order valence-electron chi connectivity index (χ4n) is 1.84. The molecule has 0 aliphatic rings.